The van der Waals surface area contributed by atoms with Crippen LogP contribution in [-0.4, -0.2) is 37.2 Å². The summed E-state index contributed by atoms with van der Waals surface area (Å²) in [5.41, 5.74) is 0. The molecule has 0 aliphatic carbocycles. The molecule has 0 fully saturated rings. The molecule has 0 radical (unpaired) electrons. The molecule has 0 bridgehead atoms. The van der Waals surface area contributed by atoms with Gasteiger partial charge in [-0.2, -0.15) is 0 Å². The molecule has 0 saturated heterocycles. The molecule has 0 spiro atoms. The summed E-state index contributed by atoms with van der Waals surface area (Å²) in [7, 11) is 0. The van der Waals surface area contributed by atoms with Crippen molar-refractivity contribution in [2.45, 2.75) is 278 Å². The highest BCUT2D eigenvalue weighted by Crippen LogP contribution is 2.17. The predicted molar refractivity (Wildman–Crippen MR) is 238 cm³/mol. The minimum absolute atomic E-state index is 0.0655. The predicted octanol–water partition coefficient (Wildman–Crippen LogP) is 15.8. The normalized spacial score (nSPS) is 12.5. The molecule has 0 N–H and O–H groups in total. The second-order valence-electron chi connectivity index (χ2n) is 17.8. The summed E-state index contributed by atoms with van der Waals surface area (Å²) in [6.45, 7) is 11.3. The number of unbranched alkanes of at least 4 members (excludes halogenated alkanes) is 28. The fraction of sp³-hybridized carbons (Fsp3) is 0.940. The summed E-state index contributed by atoms with van der Waals surface area (Å²) in [6.07, 6.45) is 42.4. The zero-order valence-corrected chi connectivity index (χ0v) is 38.3. The van der Waals surface area contributed by atoms with Crippen molar-refractivity contribution >= 4 is 17.9 Å². The molecule has 2 atom stereocenters. The Morgan fingerprint density at radius 3 is 1.02 bits per heavy atom. The van der Waals surface area contributed by atoms with Crippen LogP contribution in [0.4, 0.5) is 0 Å². The number of rotatable bonds is 44. The highest BCUT2D eigenvalue weighted by molar-refractivity contribution is 5.71. The third-order valence-electron chi connectivity index (χ3n) is 11.6. The van der Waals surface area contributed by atoms with Crippen LogP contribution in [0.15, 0.2) is 0 Å². The zero-order chi connectivity index (χ0) is 41.2. The Morgan fingerprint density at radius 1 is 0.375 bits per heavy atom. The molecule has 56 heavy (non-hydrogen) atoms. The van der Waals surface area contributed by atoms with E-state index in [2.05, 4.69) is 34.6 Å². The summed E-state index contributed by atoms with van der Waals surface area (Å²) < 4.78 is 16.7. The number of ether oxygens (including phenoxy) is 3. The van der Waals surface area contributed by atoms with Gasteiger partial charge >= 0.3 is 17.9 Å². The fourth-order valence-corrected chi connectivity index (χ4v) is 7.43. The van der Waals surface area contributed by atoms with Gasteiger partial charge in [-0.05, 0) is 31.1 Å². The van der Waals surface area contributed by atoms with Crippen molar-refractivity contribution in [2.75, 3.05) is 13.2 Å². The summed E-state index contributed by atoms with van der Waals surface area (Å²) in [6, 6.07) is 0. The van der Waals surface area contributed by atoms with Gasteiger partial charge in [-0.3, -0.25) is 14.4 Å². The smallest absolute Gasteiger partial charge is 0.306 e. The van der Waals surface area contributed by atoms with E-state index >= 15 is 0 Å². The van der Waals surface area contributed by atoms with Crippen LogP contribution in [0.2, 0.25) is 0 Å². The third kappa shape index (κ3) is 42.0. The summed E-state index contributed by atoms with van der Waals surface area (Å²) >= 11 is 0. The molecule has 0 rings (SSSR count). The lowest BCUT2D eigenvalue weighted by molar-refractivity contribution is -0.167. The van der Waals surface area contributed by atoms with E-state index in [1.165, 1.54) is 161 Å². The van der Waals surface area contributed by atoms with Gasteiger partial charge in [0.05, 0.1) is 0 Å². The Morgan fingerprint density at radius 2 is 0.679 bits per heavy atom. The monoisotopic (exact) mass is 793 g/mol. The van der Waals surface area contributed by atoms with E-state index in [9.17, 15) is 14.4 Å². The van der Waals surface area contributed by atoms with Crippen LogP contribution in [0.25, 0.3) is 0 Å². The van der Waals surface area contributed by atoms with Crippen LogP contribution in [0, 0.1) is 11.8 Å². The largest absolute Gasteiger partial charge is 0.462 e. The average Bonchev–Trinajstić information content (AvgIpc) is 3.18. The first kappa shape index (κ1) is 54.4. The summed E-state index contributed by atoms with van der Waals surface area (Å²) in [5, 5.41) is 0. The van der Waals surface area contributed by atoms with Gasteiger partial charge in [-0.1, -0.05) is 234 Å². The lowest BCUT2D eigenvalue weighted by atomic mass is 9.99. The molecule has 6 heteroatoms. The van der Waals surface area contributed by atoms with Gasteiger partial charge in [0.15, 0.2) is 6.10 Å². The van der Waals surface area contributed by atoms with Gasteiger partial charge in [0, 0.05) is 19.3 Å². The zero-order valence-electron chi connectivity index (χ0n) is 38.3. The molecule has 0 aliphatic rings. The van der Waals surface area contributed by atoms with E-state index < -0.39 is 6.10 Å². The quantitative estimate of drug-likeness (QED) is 0.0347. The van der Waals surface area contributed by atoms with E-state index in [1.807, 2.05) is 0 Å². The first-order chi connectivity index (χ1) is 27.3. The van der Waals surface area contributed by atoms with Crippen molar-refractivity contribution in [3.63, 3.8) is 0 Å². The van der Waals surface area contributed by atoms with Gasteiger partial charge in [-0.15, -0.1) is 0 Å². The minimum atomic E-state index is -0.762. The Labute approximate surface area is 348 Å². The Balaban J connectivity index is 4.25. The van der Waals surface area contributed by atoms with Crippen molar-refractivity contribution in [1.29, 1.82) is 0 Å². The van der Waals surface area contributed by atoms with Gasteiger partial charge in [0.25, 0.3) is 0 Å². The van der Waals surface area contributed by atoms with Crippen molar-refractivity contribution < 1.29 is 28.6 Å². The molecule has 332 valence electrons. The highest BCUT2D eigenvalue weighted by Gasteiger charge is 2.19. The summed E-state index contributed by atoms with van der Waals surface area (Å²) in [5.74, 6) is 0.748. The van der Waals surface area contributed by atoms with Crippen molar-refractivity contribution in [2.24, 2.45) is 11.8 Å². The van der Waals surface area contributed by atoms with E-state index in [1.54, 1.807) is 0 Å². The van der Waals surface area contributed by atoms with Crippen LogP contribution in [0.1, 0.15) is 272 Å². The van der Waals surface area contributed by atoms with Crippen LogP contribution < -0.4 is 0 Å². The standard InChI is InChI=1S/C50H96O6/c1-6-8-9-10-11-12-13-14-15-16-17-18-19-20-24-30-35-40-48(51)54-43-47(56-50(53)42-37-32-27-26-28-33-38-45(3)4)44-55-49(52)41-36-31-25-22-21-23-29-34-39-46(5)7-2/h45-47H,6-44H2,1-5H3/t46?,47-/m0/s1. The van der Waals surface area contributed by atoms with Crippen molar-refractivity contribution in [3.05, 3.63) is 0 Å². The molecule has 0 saturated carbocycles. The lowest BCUT2D eigenvalue weighted by Crippen LogP contribution is -2.30. The van der Waals surface area contributed by atoms with Gasteiger partial charge < -0.3 is 14.2 Å². The maximum absolute atomic E-state index is 12.7. The highest BCUT2D eigenvalue weighted by atomic mass is 16.6. The van der Waals surface area contributed by atoms with Gasteiger partial charge in [0.2, 0.25) is 0 Å². The molecule has 0 aromatic rings. The molecule has 1 unspecified atom stereocenters. The number of hydrogen-bond donors (Lipinski definition) is 0. The summed E-state index contributed by atoms with van der Waals surface area (Å²) in [4.78, 5) is 37.8. The van der Waals surface area contributed by atoms with E-state index in [4.69, 9.17) is 14.2 Å². The SMILES string of the molecule is CCCCCCCCCCCCCCCCCCCC(=O)OC[C@@H](COC(=O)CCCCCCCCCCC(C)CC)OC(=O)CCCCCCCCC(C)C. The molecule has 6 nitrogen and oxygen atoms in total. The number of esters is 3. The number of hydrogen-bond acceptors (Lipinski definition) is 6. The molecular weight excluding hydrogens is 697 g/mol. The molecule has 0 amide bonds. The Kier molecular flexibility index (Phi) is 41.8. The van der Waals surface area contributed by atoms with E-state index in [0.29, 0.717) is 19.3 Å². The van der Waals surface area contributed by atoms with Crippen LogP contribution in [0.5, 0.6) is 0 Å². The van der Waals surface area contributed by atoms with Crippen molar-refractivity contribution in [1.82, 2.24) is 0 Å². The van der Waals surface area contributed by atoms with Gasteiger partial charge in [-0.25, -0.2) is 0 Å². The third-order valence-corrected chi connectivity index (χ3v) is 11.6. The maximum Gasteiger partial charge on any atom is 0.306 e. The second kappa shape index (κ2) is 43.0. The van der Waals surface area contributed by atoms with E-state index in [0.717, 1.165) is 69.6 Å². The molecule has 0 aromatic heterocycles. The molecular formula is C50H96O6. The first-order valence-corrected chi connectivity index (χ1v) is 24.8. The molecule has 0 heterocycles. The first-order valence-electron chi connectivity index (χ1n) is 24.8. The van der Waals surface area contributed by atoms with Gasteiger partial charge in [0.1, 0.15) is 13.2 Å². The van der Waals surface area contributed by atoms with E-state index in [-0.39, 0.29) is 31.1 Å². The average molecular weight is 793 g/mol. The topological polar surface area (TPSA) is 78.9 Å². The molecule has 0 aromatic carbocycles. The molecule has 0 aliphatic heterocycles. The van der Waals surface area contributed by atoms with Crippen LogP contribution >= 0.6 is 0 Å². The fourth-order valence-electron chi connectivity index (χ4n) is 7.43. The van der Waals surface area contributed by atoms with Crippen LogP contribution in [0.3, 0.4) is 0 Å². The minimum Gasteiger partial charge on any atom is -0.462 e. The number of carbonyl (C=O) groups is 3. The lowest BCUT2D eigenvalue weighted by Gasteiger charge is -2.18. The van der Waals surface area contributed by atoms with Crippen molar-refractivity contribution in [3.8, 4) is 0 Å². The second-order valence-corrected chi connectivity index (χ2v) is 17.8. The number of carbonyl (C=O) groups excluding carboxylic acids is 3. The Hall–Kier alpha value is -1.59. The van der Waals surface area contributed by atoms with Crippen LogP contribution in [-0.2, 0) is 28.6 Å². The Bertz CT molecular complexity index is 856. The maximum atomic E-state index is 12.7.